The number of nitrogens with two attached hydrogens (primary N) is 1. The van der Waals surface area contributed by atoms with Gasteiger partial charge in [0.15, 0.2) is 0 Å². The van der Waals surface area contributed by atoms with Crippen LogP contribution in [-0.2, 0) is 6.42 Å². The van der Waals surface area contributed by atoms with Crippen molar-refractivity contribution in [2.45, 2.75) is 6.42 Å². The number of amides is 1. The summed E-state index contributed by atoms with van der Waals surface area (Å²) in [5.41, 5.74) is 6.68. The Kier molecular flexibility index (Phi) is 4.35. The summed E-state index contributed by atoms with van der Waals surface area (Å²) in [4.78, 5) is 16.1. The van der Waals surface area contributed by atoms with Crippen LogP contribution in [-0.4, -0.2) is 24.5 Å². The largest absolute Gasteiger partial charge is 0.497 e. The highest BCUT2D eigenvalue weighted by Gasteiger charge is 2.10. The van der Waals surface area contributed by atoms with Crippen LogP contribution in [0.1, 0.15) is 15.4 Å². The number of anilines is 1. The third-order valence-corrected chi connectivity index (χ3v) is 3.45. The highest BCUT2D eigenvalue weighted by Crippen LogP contribution is 2.19. The maximum Gasteiger partial charge on any atom is 0.253 e. The zero-order chi connectivity index (χ0) is 13.7. The Bertz CT molecular complexity index is 555. The molecule has 0 spiro atoms. The highest BCUT2D eigenvalue weighted by molar-refractivity contribution is 7.09. The number of nitrogens with zero attached hydrogens (tertiary/aromatic N) is 1. The van der Waals surface area contributed by atoms with Crippen molar-refractivity contribution in [2.24, 2.45) is 0 Å². The highest BCUT2D eigenvalue weighted by atomic mass is 32.1. The molecule has 0 aliphatic heterocycles. The van der Waals surface area contributed by atoms with Crippen LogP contribution in [0.2, 0.25) is 0 Å². The summed E-state index contributed by atoms with van der Waals surface area (Å²) < 4.78 is 5.04. The molecule has 0 saturated heterocycles. The summed E-state index contributed by atoms with van der Waals surface area (Å²) in [5.74, 6) is 0.452. The molecule has 0 aliphatic carbocycles. The summed E-state index contributed by atoms with van der Waals surface area (Å²) in [6.07, 6.45) is 2.47. The molecule has 0 radical (unpaired) electrons. The Morgan fingerprint density at radius 2 is 2.37 bits per heavy atom. The first kappa shape index (κ1) is 13.4. The minimum absolute atomic E-state index is 0.184. The molecule has 2 aromatic rings. The van der Waals surface area contributed by atoms with E-state index in [0.29, 0.717) is 23.5 Å². The van der Waals surface area contributed by atoms with Gasteiger partial charge >= 0.3 is 0 Å². The van der Waals surface area contributed by atoms with Crippen LogP contribution in [0.15, 0.2) is 29.8 Å². The molecule has 1 aromatic heterocycles. The Balaban J connectivity index is 1.92. The van der Waals surface area contributed by atoms with E-state index in [9.17, 15) is 4.79 Å². The molecule has 0 unspecified atom stereocenters. The fourth-order valence-corrected chi connectivity index (χ4v) is 2.25. The molecule has 6 heteroatoms. The quantitative estimate of drug-likeness (QED) is 0.816. The smallest absolute Gasteiger partial charge is 0.253 e. The third kappa shape index (κ3) is 3.45. The summed E-state index contributed by atoms with van der Waals surface area (Å²) >= 11 is 1.57. The Morgan fingerprint density at radius 3 is 3.00 bits per heavy atom. The number of methoxy groups -OCH3 is 1. The summed E-state index contributed by atoms with van der Waals surface area (Å²) in [6, 6.07) is 5.01. The van der Waals surface area contributed by atoms with Gasteiger partial charge in [-0.1, -0.05) is 0 Å². The first-order valence-electron chi connectivity index (χ1n) is 5.81. The van der Waals surface area contributed by atoms with Gasteiger partial charge in [0.25, 0.3) is 5.91 Å². The molecule has 1 heterocycles. The third-order valence-electron chi connectivity index (χ3n) is 2.61. The summed E-state index contributed by atoms with van der Waals surface area (Å²) in [6.45, 7) is 0.539. The second-order valence-electron chi connectivity index (χ2n) is 3.88. The molecule has 1 amide bonds. The van der Waals surface area contributed by atoms with E-state index >= 15 is 0 Å². The molecule has 0 atom stereocenters. The first-order valence-corrected chi connectivity index (χ1v) is 6.68. The Hall–Kier alpha value is -2.08. The number of benzene rings is 1. The van der Waals surface area contributed by atoms with Gasteiger partial charge in [0.1, 0.15) is 5.75 Å². The number of carbonyl (C=O) groups is 1. The van der Waals surface area contributed by atoms with E-state index in [-0.39, 0.29) is 5.91 Å². The fourth-order valence-electron chi connectivity index (χ4n) is 1.63. The van der Waals surface area contributed by atoms with Crippen molar-refractivity contribution in [1.29, 1.82) is 0 Å². The monoisotopic (exact) mass is 277 g/mol. The maximum absolute atomic E-state index is 11.9. The van der Waals surface area contributed by atoms with Gasteiger partial charge in [0.2, 0.25) is 0 Å². The summed E-state index contributed by atoms with van der Waals surface area (Å²) in [5, 5.41) is 5.74. The number of hydrogen-bond donors (Lipinski definition) is 2. The van der Waals surface area contributed by atoms with E-state index in [0.717, 1.165) is 11.4 Å². The molecular formula is C13H15N3O2S. The van der Waals surface area contributed by atoms with Crippen molar-refractivity contribution < 1.29 is 9.53 Å². The molecule has 3 N–H and O–H groups in total. The van der Waals surface area contributed by atoms with E-state index in [4.69, 9.17) is 10.5 Å². The van der Waals surface area contributed by atoms with Gasteiger partial charge in [-0.2, -0.15) is 0 Å². The summed E-state index contributed by atoms with van der Waals surface area (Å²) in [7, 11) is 1.56. The normalized spacial score (nSPS) is 10.2. The predicted octanol–water partition coefficient (Wildman–Crippen LogP) is 1.71. The van der Waals surface area contributed by atoms with Gasteiger partial charge in [-0.15, -0.1) is 11.3 Å². The number of hydrogen-bond acceptors (Lipinski definition) is 5. The molecule has 0 saturated carbocycles. The van der Waals surface area contributed by atoms with Gasteiger partial charge < -0.3 is 15.8 Å². The number of rotatable bonds is 5. The zero-order valence-electron chi connectivity index (χ0n) is 10.6. The molecule has 2 rings (SSSR count). The van der Waals surface area contributed by atoms with Gasteiger partial charge in [-0.3, -0.25) is 4.79 Å². The van der Waals surface area contributed by atoms with E-state index < -0.39 is 0 Å². The second kappa shape index (κ2) is 6.19. The van der Waals surface area contributed by atoms with Crippen LogP contribution in [0.25, 0.3) is 0 Å². The van der Waals surface area contributed by atoms with Crippen molar-refractivity contribution in [2.75, 3.05) is 19.4 Å². The van der Waals surface area contributed by atoms with Crippen molar-refractivity contribution in [3.63, 3.8) is 0 Å². The standard InChI is InChI=1S/C13H15N3O2S/c1-18-9-2-3-10(11(14)8-9)13(17)16-5-4-12-15-6-7-19-12/h2-3,6-8H,4-5,14H2,1H3,(H,16,17). The Labute approximate surface area is 115 Å². The minimum Gasteiger partial charge on any atom is -0.497 e. The number of thiazole rings is 1. The molecular weight excluding hydrogens is 262 g/mol. The van der Waals surface area contributed by atoms with Crippen LogP contribution in [0.5, 0.6) is 5.75 Å². The van der Waals surface area contributed by atoms with Crippen LogP contribution in [0.3, 0.4) is 0 Å². The molecule has 0 bridgehead atoms. The molecule has 100 valence electrons. The zero-order valence-corrected chi connectivity index (χ0v) is 11.4. The molecule has 19 heavy (non-hydrogen) atoms. The number of carbonyl (C=O) groups excluding carboxylic acids is 1. The van der Waals surface area contributed by atoms with Crippen molar-refractivity contribution in [3.05, 3.63) is 40.3 Å². The molecule has 5 nitrogen and oxygen atoms in total. The second-order valence-corrected chi connectivity index (χ2v) is 4.86. The topological polar surface area (TPSA) is 77.2 Å². The van der Waals surface area contributed by atoms with Crippen LogP contribution in [0, 0.1) is 0 Å². The van der Waals surface area contributed by atoms with Gasteiger partial charge in [-0.05, 0) is 12.1 Å². The lowest BCUT2D eigenvalue weighted by Crippen LogP contribution is -2.26. The first-order chi connectivity index (χ1) is 9.20. The van der Waals surface area contributed by atoms with Crippen LogP contribution >= 0.6 is 11.3 Å². The van der Waals surface area contributed by atoms with E-state index in [1.54, 1.807) is 42.8 Å². The number of nitrogen functional groups attached to an aromatic ring is 1. The maximum atomic E-state index is 11.9. The van der Waals surface area contributed by atoms with Crippen LogP contribution < -0.4 is 15.8 Å². The van der Waals surface area contributed by atoms with Crippen molar-refractivity contribution >= 4 is 22.9 Å². The minimum atomic E-state index is -0.184. The van der Waals surface area contributed by atoms with Crippen molar-refractivity contribution in [3.8, 4) is 5.75 Å². The van der Waals surface area contributed by atoms with Crippen molar-refractivity contribution in [1.82, 2.24) is 10.3 Å². The van der Waals surface area contributed by atoms with Gasteiger partial charge in [0.05, 0.1) is 17.7 Å². The average molecular weight is 277 g/mol. The lowest BCUT2D eigenvalue weighted by Gasteiger charge is -2.08. The van der Waals surface area contributed by atoms with Gasteiger partial charge in [0, 0.05) is 36.3 Å². The Morgan fingerprint density at radius 1 is 1.53 bits per heavy atom. The van der Waals surface area contributed by atoms with Crippen LogP contribution in [0.4, 0.5) is 5.69 Å². The van der Waals surface area contributed by atoms with E-state index in [1.807, 2.05) is 5.38 Å². The lowest BCUT2D eigenvalue weighted by molar-refractivity contribution is 0.0955. The van der Waals surface area contributed by atoms with Gasteiger partial charge in [-0.25, -0.2) is 4.98 Å². The van der Waals surface area contributed by atoms with E-state index in [2.05, 4.69) is 10.3 Å². The fraction of sp³-hybridized carbons (Fsp3) is 0.231. The molecule has 0 fully saturated rings. The molecule has 0 aliphatic rings. The van der Waals surface area contributed by atoms with E-state index in [1.165, 1.54) is 0 Å². The number of aromatic nitrogens is 1. The SMILES string of the molecule is COc1ccc(C(=O)NCCc2nccs2)c(N)c1. The molecule has 1 aromatic carbocycles. The predicted molar refractivity (Wildman–Crippen MR) is 75.6 cm³/mol. The number of nitrogens with one attached hydrogen (secondary N) is 1. The lowest BCUT2D eigenvalue weighted by atomic mass is 10.1. The number of ether oxygens (including phenoxy) is 1. The average Bonchev–Trinajstić information content (AvgIpc) is 2.91.